The molecule has 7 amide bonds. The molecule has 0 saturated carbocycles. The molecule has 0 unspecified atom stereocenters. The number of hydrogen-bond donors (Lipinski definition) is 12. The van der Waals surface area contributed by atoms with Crippen LogP contribution in [0.4, 0.5) is 4.79 Å². The molecule has 2 heterocycles. The second kappa shape index (κ2) is 27.3. The van der Waals surface area contributed by atoms with Gasteiger partial charge in [-0.25, -0.2) is 14.2 Å². The Kier molecular flexibility index (Phi) is 22.7. The summed E-state index contributed by atoms with van der Waals surface area (Å²) in [5.41, 5.74) is 0.362. The quantitative estimate of drug-likeness (QED) is 0.0279. The Morgan fingerprint density at radius 3 is 1.91 bits per heavy atom. The minimum absolute atomic E-state index is 0.0545. The van der Waals surface area contributed by atoms with E-state index in [0.29, 0.717) is 55.9 Å². The number of phosphoric ester groups is 1. The number of hydrogen-bond acceptors (Lipinski definition) is 12. The van der Waals surface area contributed by atoms with Crippen molar-refractivity contribution in [1.82, 2.24) is 37.2 Å². The van der Waals surface area contributed by atoms with E-state index in [0.717, 1.165) is 18.6 Å². The summed E-state index contributed by atoms with van der Waals surface area (Å²) >= 11 is 1.82. The number of nitrogens with one attached hydrogen (secondary N) is 7. The molecule has 0 aliphatic carbocycles. The number of carbonyl (C=O) groups is 9. The van der Waals surface area contributed by atoms with Gasteiger partial charge in [0, 0.05) is 49.7 Å². The number of aliphatic carboxylic acids is 3. The van der Waals surface area contributed by atoms with Crippen molar-refractivity contribution in [2.75, 3.05) is 12.3 Å². The van der Waals surface area contributed by atoms with E-state index in [1.165, 1.54) is 24.3 Å². The average molecular weight is 972 g/mol. The van der Waals surface area contributed by atoms with Crippen molar-refractivity contribution < 1.29 is 77.3 Å². The number of thioether (sulfide) groups is 1. The number of carboxylic acid groups (broad SMARTS) is 3. The number of rotatable bonds is 31. The SMILES string of the molecule is CC[C@H](C)[C@H](NC(=O)[C@H](CCC(=O)O)NC(=O)[C@H](CCC(=O)O)NC(=O)[C@H](Cc1ccc(OP(=O)(O)O)cc1)NC(=O)CCCCCNC(=O)CCCC[C@@H]1SC[C@@H]2NC(=O)N[C@@H]21)C(=O)O. The third-order valence-electron chi connectivity index (χ3n) is 11.1. The maximum Gasteiger partial charge on any atom is 0.524 e. The molecule has 23 nitrogen and oxygen atoms in total. The van der Waals surface area contributed by atoms with Crippen molar-refractivity contribution in [3.05, 3.63) is 29.8 Å². The fourth-order valence-electron chi connectivity index (χ4n) is 7.27. The Balaban J connectivity index is 1.62. The van der Waals surface area contributed by atoms with E-state index in [4.69, 9.17) is 9.79 Å². The topological polar surface area (TPSA) is 365 Å². The lowest BCUT2D eigenvalue weighted by molar-refractivity contribution is -0.144. The molecule has 8 atom stereocenters. The number of amides is 7. The summed E-state index contributed by atoms with van der Waals surface area (Å²) in [5.74, 6) is -7.71. The van der Waals surface area contributed by atoms with Gasteiger partial charge in [-0.2, -0.15) is 11.8 Å². The zero-order valence-corrected chi connectivity index (χ0v) is 38.5. The van der Waals surface area contributed by atoms with Crippen molar-refractivity contribution in [2.24, 2.45) is 5.92 Å². The molecule has 66 heavy (non-hydrogen) atoms. The molecule has 0 radical (unpaired) electrons. The smallest absolute Gasteiger partial charge is 0.481 e. The third-order valence-corrected chi connectivity index (χ3v) is 13.0. The molecule has 0 bridgehead atoms. The Labute approximate surface area is 385 Å². The van der Waals surface area contributed by atoms with Gasteiger partial charge in [0.25, 0.3) is 0 Å². The summed E-state index contributed by atoms with van der Waals surface area (Å²) in [5, 5.41) is 47.1. The van der Waals surface area contributed by atoms with Crippen LogP contribution in [0.2, 0.25) is 0 Å². The zero-order chi connectivity index (χ0) is 49.0. The molecule has 3 rings (SSSR count). The lowest BCUT2D eigenvalue weighted by Gasteiger charge is -2.27. The van der Waals surface area contributed by atoms with Gasteiger partial charge in [0.2, 0.25) is 29.5 Å². The molecule has 2 fully saturated rings. The highest BCUT2D eigenvalue weighted by Crippen LogP contribution is 2.37. The van der Waals surface area contributed by atoms with Gasteiger partial charge in [0.15, 0.2) is 0 Å². The average Bonchev–Trinajstić information content (AvgIpc) is 3.80. The fraction of sp³-hybridized carbons (Fsp3) is 0.634. The van der Waals surface area contributed by atoms with E-state index in [2.05, 4.69) is 41.7 Å². The lowest BCUT2D eigenvalue weighted by atomic mass is 9.98. The molecule has 1 aromatic rings. The van der Waals surface area contributed by atoms with E-state index in [-0.39, 0.29) is 42.6 Å². The first-order valence-corrected chi connectivity index (χ1v) is 24.4. The first-order valence-electron chi connectivity index (χ1n) is 21.8. The van der Waals surface area contributed by atoms with E-state index in [9.17, 15) is 63.0 Å². The number of phosphoric acid groups is 1. The van der Waals surface area contributed by atoms with Crippen LogP contribution >= 0.6 is 19.6 Å². The minimum Gasteiger partial charge on any atom is -0.481 e. The lowest BCUT2D eigenvalue weighted by Crippen LogP contribution is -2.58. The van der Waals surface area contributed by atoms with Gasteiger partial charge >= 0.3 is 31.8 Å². The van der Waals surface area contributed by atoms with E-state index in [1.807, 2.05) is 11.8 Å². The summed E-state index contributed by atoms with van der Waals surface area (Å²) in [6.07, 6.45) is 2.00. The Bertz CT molecular complexity index is 1920. The normalized spacial score (nSPS) is 18.7. The number of urea groups is 1. The van der Waals surface area contributed by atoms with Crippen LogP contribution in [0.1, 0.15) is 103 Å². The van der Waals surface area contributed by atoms with Gasteiger partial charge in [0.05, 0.1) is 12.1 Å². The highest BCUT2D eigenvalue weighted by Gasteiger charge is 2.42. The number of carboxylic acids is 3. The van der Waals surface area contributed by atoms with Crippen LogP contribution in [-0.4, -0.2) is 132 Å². The summed E-state index contributed by atoms with van der Waals surface area (Å²) in [6, 6.07) is -0.797. The Morgan fingerprint density at radius 2 is 1.33 bits per heavy atom. The molecule has 1 aromatic carbocycles. The third kappa shape index (κ3) is 20.0. The van der Waals surface area contributed by atoms with Gasteiger partial charge < -0.3 is 57.1 Å². The highest BCUT2D eigenvalue weighted by atomic mass is 32.2. The van der Waals surface area contributed by atoms with Crippen molar-refractivity contribution >= 4 is 73.1 Å². The van der Waals surface area contributed by atoms with Crippen molar-refractivity contribution in [3.8, 4) is 5.75 Å². The molecule has 0 aromatic heterocycles. The van der Waals surface area contributed by atoms with Gasteiger partial charge in [-0.3, -0.25) is 43.3 Å². The predicted octanol–water partition coefficient (Wildman–Crippen LogP) is 0.903. The van der Waals surface area contributed by atoms with Crippen LogP contribution < -0.4 is 41.7 Å². The molecule has 0 spiro atoms. The number of unbranched alkanes of at least 4 members (excludes halogenated alkanes) is 3. The molecule has 2 aliphatic rings. The van der Waals surface area contributed by atoms with E-state index in [1.54, 1.807) is 13.8 Å². The van der Waals surface area contributed by atoms with Crippen LogP contribution in [0.3, 0.4) is 0 Å². The minimum atomic E-state index is -4.90. The van der Waals surface area contributed by atoms with Gasteiger partial charge in [0.1, 0.15) is 29.9 Å². The van der Waals surface area contributed by atoms with E-state index < -0.39 is 105 Å². The summed E-state index contributed by atoms with van der Waals surface area (Å²) in [6.45, 7) is 3.63. The second-order valence-corrected chi connectivity index (χ2v) is 18.7. The maximum atomic E-state index is 13.9. The number of benzene rings is 1. The van der Waals surface area contributed by atoms with Crippen LogP contribution in [0.25, 0.3) is 0 Å². The molecular weight excluding hydrogens is 910 g/mol. The van der Waals surface area contributed by atoms with Crippen LogP contribution in [0.5, 0.6) is 5.75 Å². The Hall–Kier alpha value is -5.45. The van der Waals surface area contributed by atoms with Gasteiger partial charge in [-0.1, -0.05) is 45.2 Å². The van der Waals surface area contributed by atoms with Gasteiger partial charge in [-0.15, -0.1) is 0 Å². The fourth-order valence-corrected chi connectivity index (χ4v) is 9.21. The van der Waals surface area contributed by atoms with Gasteiger partial charge in [-0.05, 0) is 62.1 Å². The molecule has 12 N–H and O–H groups in total. The van der Waals surface area contributed by atoms with E-state index >= 15 is 0 Å². The Morgan fingerprint density at radius 1 is 0.758 bits per heavy atom. The molecule has 2 saturated heterocycles. The monoisotopic (exact) mass is 971 g/mol. The van der Waals surface area contributed by atoms with Crippen LogP contribution in [0, 0.1) is 5.92 Å². The first kappa shape index (κ1) is 54.9. The molecular formula is C41H62N7O16PS. The second-order valence-electron chi connectivity index (χ2n) is 16.3. The maximum absolute atomic E-state index is 13.9. The van der Waals surface area contributed by atoms with Crippen LogP contribution in [0.15, 0.2) is 24.3 Å². The molecule has 2 aliphatic heterocycles. The van der Waals surface area contributed by atoms with Crippen molar-refractivity contribution in [1.29, 1.82) is 0 Å². The first-order chi connectivity index (χ1) is 31.1. The number of carbonyl (C=O) groups excluding carboxylic acids is 6. The summed E-state index contributed by atoms with van der Waals surface area (Å²) < 4.78 is 15.9. The standard InChI is InChI=1S/C41H62N7O16PS/c1-3-23(2)35(40(58)59)47-38(56)27(17-19-34(53)54)44-37(55)26(16-18-33(51)52)45-39(57)28(21-24-12-14-25(15-13-24)64-65(61,62)63)43-32(50)11-5-4-8-20-42-31(49)10-7-6-9-30-36-29(22-66-30)46-41(60)48-36/h12-15,23,26-30,35-36H,3-11,16-22H2,1-2H3,(H,42,49)(H,43,50)(H,44,55)(H,45,57)(H,47,56)(H,51,52)(H,53,54)(H,58,59)(H2,46,48,60)(H2,61,62,63)/t23-,26-,27-,28-,29-,30-,35-,36-/m0/s1. The van der Waals surface area contributed by atoms with Crippen LogP contribution in [-0.2, 0) is 49.3 Å². The summed E-state index contributed by atoms with van der Waals surface area (Å²) in [4.78, 5) is 131. The molecule has 368 valence electrons. The largest absolute Gasteiger partial charge is 0.524 e. The predicted molar refractivity (Wildman–Crippen MR) is 237 cm³/mol. The zero-order valence-electron chi connectivity index (χ0n) is 36.8. The number of fused-ring (bicyclic) bond motifs is 1. The summed E-state index contributed by atoms with van der Waals surface area (Å²) in [7, 11) is -4.90. The van der Waals surface area contributed by atoms with Crippen molar-refractivity contribution in [3.63, 3.8) is 0 Å². The highest BCUT2D eigenvalue weighted by molar-refractivity contribution is 8.00. The van der Waals surface area contributed by atoms with Crippen molar-refractivity contribution in [2.45, 2.75) is 145 Å². The molecule has 25 heteroatoms.